The zero-order valence-electron chi connectivity index (χ0n) is 13.8. The maximum Gasteiger partial charge on any atom is 0.278 e. The molecule has 2 aromatic heterocycles. The molecular weight excluding hydrogens is 406 g/mol. The van der Waals surface area contributed by atoms with E-state index >= 15 is 0 Å². The number of nitrogens with zero attached hydrogens (tertiary/aromatic N) is 4. The van der Waals surface area contributed by atoms with Crippen LogP contribution in [0.3, 0.4) is 0 Å². The summed E-state index contributed by atoms with van der Waals surface area (Å²) >= 11 is 9.56. The predicted octanol–water partition coefficient (Wildman–Crippen LogP) is 4.12. The van der Waals surface area contributed by atoms with Gasteiger partial charge in [-0.2, -0.15) is 10.2 Å². The third-order valence-electron chi connectivity index (χ3n) is 3.76. The summed E-state index contributed by atoms with van der Waals surface area (Å²) in [5.74, 6) is 0.175. The van der Waals surface area contributed by atoms with Gasteiger partial charge in [-0.15, -0.1) is 0 Å². The molecule has 1 aromatic carbocycles. The average molecular weight is 423 g/mol. The minimum absolute atomic E-state index is 0.304. The molecule has 3 aromatic rings. The topological polar surface area (TPSA) is 64.7 Å². The normalized spacial score (nSPS) is 10.9. The number of nitrogens with one attached hydrogen (secondary N) is 1. The van der Waals surface area contributed by atoms with Crippen LogP contribution in [0.1, 0.15) is 28.7 Å². The van der Waals surface area contributed by atoms with Gasteiger partial charge in [-0.1, -0.05) is 29.8 Å². The molecule has 0 saturated carbocycles. The quantitative estimate of drug-likeness (QED) is 0.672. The van der Waals surface area contributed by atoms with Crippen LogP contribution in [0.4, 0.5) is 5.82 Å². The Morgan fingerprint density at radius 2 is 2.08 bits per heavy atom. The lowest BCUT2D eigenvalue weighted by Crippen LogP contribution is -2.14. The molecule has 0 aliphatic carbocycles. The molecule has 0 aliphatic heterocycles. The number of aromatic nitrogens is 4. The van der Waals surface area contributed by atoms with Crippen molar-refractivity contribution in [2.45, 2.75) is 26.9 Å². The minimum Gasteiger partial charge on any atom is -0.304 e. The summed E-state index contributed by atoms with van der Waals surface area (Å²) in [4.78, 5) is 12.4. The van der Waals surface area contributed by atoms with Crippen LogP contribution in [0.25, 0.3) is 0 Å². The van der Waals surface area contributed by atoms with Gasteiger partial charge < -0.3 is 5.32 Å². The zero-order chi connectivity index (χ0) is 18.0. The summed E-state index contributed by atoms with van der Waals surface area (Å²) < 4.78 is 4.15. The molecule has 0 atom stereocenters. The molecule has 0 radical (unpaired) electrons. The van der Waals surface area contributed by atoms with Crippen molar-refractivity contribution in [2.24, 2.45) is 0 Å². The maximum absolute atomic E-state index is 12.4. The zero-order valence-corrected chi connectivity index (χ0v) is 16.2. The third-order valence-corrected chi connectivity index (χ3v) is 4.71. The molecular formula is C17H17BrClN5O. The van der Waals surface area contributed by atoms with Crippen molar-refractivity contribution in [1.82, 2.24) is 19.6 Å². The van der Waals surface area contributed by atoms with E-state index in [1.54, 1.807) is 15.6 Å². The Kier molecular flexibility index (Phi) is 5.24. The van der Waals surface area contributed by atoms with E-state index in [4.69, 9.17) is 11.6 Å². The number of halogens is 2. The van der Waals surface area contributed by atoms with Crippen molar-refractivity contribution in [1.29, 1.82) is 0 Å². The molecule has 0 spiro atoms. The summed E-state index contributed by atoms with van der Waals surface area (Å²) in [5, 5.41) is 12.2. The largest absolute Gasteiger partial charge is 0.304 e. The number of benzene rings is 1. The fourth-order valence-corrected chi connectivity index (χ4v) is 3.10. The van der Waals surface area contributed by atoms with Crippen LogP contribution in [0, 0.1) is 6.92 Å². The van der Waals surface area contributed by atoms with Crippen LogP contribution >= 0.6 is 27.5 Å². The lowest BCUT2D eigenvalue weighted by Gasteiger charge is -2.06. The molecule has 6 nitrogen and oxygen atoms in total. The first-order valence-corrected chi connectivity index (χ1v) is 8.97. The van der Waals surface area contributed by atoms with Gasteiger partial charge in [-0.25, -0.2) is 0 Å². The number of anilines is 1. The lowest BCUT2D eigenvalue weighted by atomic mass is 10.2. The van der Waals surface area contributed by atoms with Crippen LogP contribution < -0.4 is 5.32 Å². The maximum atomic E-state index is 12.4. The number of rotatable bonds is 5. The SMILES string of the molecule is CCn1cc(Br)c(C(=O)Nc2cc(C)n(Cc3ccccc3Cl)n2)n1. The van der Waals surface area contributed by atoms with Gasteiger partial charge in [0.2, 0.25) is 0 Å². The molecule has 3 rings (SSSR count). The van der Waals surface area contributed by atoms with E-state index in [9.17, 15) is 4.79 Å². The molecule has 0 bridgehead atoms. The molecule has 0 aliphatic rings. The number of hydrogen-bond acceptors (Lipinski definition) is 3. The Hall–Kier alpha value is -2.12. The second-order valence-corrected chi connectivity index (χ2v) is 6.82. The van der Waals surface area contributed by atoms with Crippen molar-refractivity contribution < 1.29 is 4.79 Å². The first kappa shape index (κ1) is 17.7. The van der Waals surface area contributed by atoms with Crippen molar-refractivity contribution in [3.05, 3.63) is 63.0 Å². The smallest absolute Gasteiger partial charge is 0.278 e. The van der Waals surface area contributed by atoms with E-state index in [0.29, 0.717) is 34.1 Å². The van der Waals surface area contributed by atoms with E-state index in [1.807, 2.05) is 44.2 Å². The summed E-state index contributed by atoms with van der Waals surface area (Å²) in [6.07, 6.45) is 1.77. The predicted molar refractivity (Wildman–Crippen MR) is 101 cm³/mol. The molecule has 0 saturated heterocycles. The van der Waals surface area contributed by atoms with Crippen LogP contribution in [-0.4, -0.2) is 25.5 Å². The first-order chi connectivity index (χ1) is 12.0. The molecule has 1 N–H and O–H groups in total. The fourth-order valence-electron chi connectivity index (χ4n) is 2.41. The Balaban J connectivity index is 1.77. The fraction of sp³-hybridized carbons (Fsp3) is 0.235. The van der Waals surface area contributed by atoms with Crippen LogP contribution in [0.15, 0.2) is 41.0 Å². The number of carbonyl (C=O) groups is 1. The van der Waals surface area contributed by atoms with E-state index in [2.05, 4.69) is 31.4 Å². The van der Waals surface area contributed by atoms with Crippen molar-refractivity contribution in [2.75, 3.05) is 5.32 Å². The Morgan fingerprint density at radius 1 is 1.32 bits per heavy atom. The van der Waals surface area contributed by atoms with E-state index < -0.39 is 0 Å². The highest BCUT2D eigenvalue weighted by Crippen LogP contribution is 2.19. The summed E-state index contributed by atoms with van der Waals surface area (Å²) in [7, 11) is 0. The third kappa shape index (κ3) is 3.93. The standard InChI is InChI=1S/C17H17BrClN5O/c1-3-23-10-13(18)16(22-23)17(25)20-15-8-11(2)24(21-15)9-12-6-4-5-7-14(12)19/h4-8,10H,3,9H2,1-2H3,(H,20,21,25). The highest BCUT2D eigenvalue weighted by molar-refractivity contribution is 9.10. The number of hydrogen-bond donors (Lipinski definition) is 1. The molecule has 0 fully saturated rings. The van der Waals surface area contributed by atoms with Gasteiger partial charge >= 0.3 is 0 Å². The van der Waals surface area contributed by atoms with Crippen LogP contribution in [0.2, 0.25) is 5.02 Å². The molecule has 1 amide bonds. The highest BCUT2D eigenvalue weighted by atomic mass is 79.9. The number of aryl methyl sites for hydroxylation is 2. The van der Waals surface area contributed by atoms with Gasteiger partial charge in [0.25, 0.3) is 5.91 Å². The van der Waals surface area contributed by atoms with Crippen molar-refractivity contribution >= 4 is 39.3 Å². The number of amides is 1. The average Bonchev–Trinajstić information content (AvgIpc) is 3.12. The monoisotopic (exact) mass is 421 g/mol. The van der Waals surface area contributed by atoms with Crippen LogP contribution in [-0.2, 0) is 13.1 Å². The molecule has 8 heteroatoms. The van der Waals surface area contributed by atoms with Gasteiger partial charge in [0.15, 0.2) is 11.5 Å². The van der Waals surface area contributed by atoms with Gasteiger partial charge in [-0.3, -0.25) is 14.2 Å². The van der Waals surface area contributed by atoms with Crippen molar-refractivity contribution in [3.63, 3.8) is 0 Å². The molecule has 0 unspecified atom stereocenters. The minimum atomic E-state index is -0.304. The summed E-state index contributed by atoms with van der Waals surface area (Å²) in [6.45, 7) is 5.12. The molecule has 25 heavy (non-hydrogen) atoms. The summed E-state index contributed by atoms with van der Waals surface area (Å²) in [5.41, 5.74) is 2.23. The number of carbonyl (C=O) groups excluding carboxylic acids is 1. The first-order valence-electron chi connectivity index (χ1n) is 7.80. The van der Waals surface area contributed by atoms with E-state index in [-0.39, 0.29) is 5.91 Å². The van der Waals surface area contributed by atoms with Gasteiger partial charge in [0.1, 0.15) is 0 Å². The van der Waals surface area contributed by atoms with Crippen LogP contribution in [0.5, 0.6) is 0 Å². The van der Waals surface area contributed by atoms with Crippen molar-refractivity contribution in [3.8, 4) is 0 Å². The second-order valence-electron chi connectivity index (χ2n) is 5.56. The molecule has 130 valence electrons. The second kappa shape index (κ2) is 7.41. The highest BCUT2D eigenvalue weighted by Gasteiger charge is 2.17. The van der Waals surface area contributed by atoms with E-state index in [0.717, 1.165) is 11.3 Å². The lowest BCUT2D eigenvalue weighted by molar-refractivity contribution is 0.102. The summed E-state index contributed by atoms with van der Waals surface area (Å²) in [6, 6.07) is 9.45. The van der Waals surface area contributed by atoms with Gasteiger partial charge in [0, 0.05) is 29.5 Å². The van der Waals surface area contributed by atoms with Gasteiger partial charge in [0.05, 0.1) is 11.0 Å². The Morgan fingerprint density at radius 3 is 2.76 bits per heavy atom. The Bertz CT molecular complexity index is 918. The van der Waals surface area contributed by atoms with E-state index in [1.165, 1.54) is 0 Å². The Labute approximate surface area is 158 Å². The molecule has 2 heterocycles. The van der Waals surface area contributed by atoms with Gasteiger partial charge in [-0.05, 0) is 41.4 Å².